The zero-order valence-electron chi connectivity index (χ0n) is 9.77. The second kappa shape index (κ2) is 6.22. The molecule has 0 aliphatic carbocycles. The lowest BCUT2D eigenvalue weighted by molar-refractivity contribution is 0.0999. The molecule has 1 aromatic rings. The average molecular weight is 239 g/mol. The van der Waals surface area contributed by atoms with E-state index in [9.17, 15) is 4.79 Å². The van der Waals surface area contributed by atoms with Crippen molar-refractivity contribution in [2.45, 2.75) is 12.8 Å². The molecule has 0 saturated carbocycles. The van der Waals surface area contributed by atoms with Crippen molar-refractivity contribution in [3.8, 4) is 5.75 Å². The van der Waals surface area contributed by atoms with Gasteiger partial charge in [-0.3, -0.25) is 4.79 Å². The molecule has 5 heteroatoms. The smallest absolute Gasteiger partial charge is 0.248 e. The van der Waals surface area contributed by atoms with Crippen molar-refractivity contribution in [2.24, 2.45) is 5.73 Å². The van der Waals surface area contributed by atoms with Gasteiger partial charge < -0.3 is 20.7 Å². The number of primary amides is 1. The van der Waals surface area contributed by atoms with Crippen molar-refractivity contribution in [3.63, 3.8) is 0 Å². The molecule has 0 aromatic heterocycles. The summed E-state index contributed by atoms with van der Waals surface area (Å²) < 4.78 is 5.17. The summed E-state index contributed by atoms with van der Waals surface area (Å²) in [5.74, 6) is 0.0443. The standard InChI is InChI=1S/C12H17NO4/c1-17-11-3-2-10(12(13)16)8(4-6-14)9(11)5-7-15/h2-3,14-15H,4-7H2,1H3,(H2,13,16). The molecule has 0 saturated heterocycles. The monoisotopic (exact) mass is 239 g/mol. The number of aliphatic hydroxyl groups is 2. The Kier molecular flexibility index (Phi) is 4.93. The van der Waals surface area contributed by atoms with Crippen LogP contribution in [0.2, 0.25) is 0 Å². The summed E-state index contributed by atoms with van der Waals surface area (Å²) in [5, 5.41) is 18.1. The van der Waals surface area contributed by atoms with Gasteiger partial charge in [-0.2, -0.15) is 0 Å². The van der Waals surface area contributed by atoms with Crippen molar-refractivity contribution in [1.29, 1.82) is 0 Å². The zero-order valence-corrected chi connectivity index (χ0v) is 9.77. The first-order valence-electron chi connectivity index (χ1n) is 5.36. The predicted octanol–water partition coefficient (Wildman–Crippen LogP) is -0.136. The number of hydrogen-bond acceptors (Lipinski definition) is 4. The number of methoxy groups -OCH3 is 1. The van der Waals surface area contributed by atoms with E-state index < -0.39 is 5.91 Å². The average Bonchev–Trinajstić information content (AvgIpc) is 2.31. The van der Waals surface area contributed by atoms with Crippen molar-refractivity contribution in [2.75, 3.05) is 20.3 Å². The topological polar surface area (TPSA) is 92.8 Å². The van der Waals surface area contributed by atoms with E-state index in [0.29, 0.717) is 29.7 Å². The Morgan fingerprint density at radius 2 is 1.82 bits per heavy atom. The third-order valence-electron chi connectivity index (χ3n) is 2.60. The van der Waals surface area contributed by atoms with Gasteiger partial charge in [-0.1, -0.05) is 0 Å². The number of rotatable bonds is 6. The number of aliphatic hydroxyl groups excluding tert-OH is 2. The molecule has 17 heavy (non-hydrogen) atoms. The Morgan fingerprint density at radius 3 is 2.29 bits per heavy atom. The van der Waals surface area contributed by atoms with Crippen LogP contribution < -0.4 is 10.5 Å². The van der Waals surface area contributed by atoms with Gasteiger partial charge in [0.05, 0.1) is 7.11 Å². The largest absolute Gasteiger partial charge is 0.496 e. The SMILES string of the molecule is COc1ccc(C(N)=O)c(CCO)c1CCO. The minimum Gasteiger partial charge on any atom is -0.496 e. The van der Waals surface area contributed by atoms with E-state index in [4.69, 9.17) is 20.7 Å². The normalized spacial score (nSPS) is 10.3. The van der Waals surface area contributed by atoms with Crippen LogP contribution in [0.5, 0.6) is 5.75 Å². The highest BCUT2D eigenvalue weighted by molar-refractivity contribution is 5.95. The van der Waals surface area contributed by atoms with Gasteiger partial charge >= 0.3 is 0 Å². The molecule has 0 atom stereocenters. The van der Waals surface area contributed by atoms with Gasteiger partial charge in [-0.15, -0.1) is 0 Å². The molecular weight excluding hydrogens is 222 g/mol. The Morgan fingerprint density at radius 1 is 1.24 bits per heavy atom. The van der Waals surface area contributed by atoms with Crippen molar-refractivity contribution >= 4 is 5.91 Å². The lowest BCUT2D eigenvalue weighted by Crippen LogP contribution is -2.17. The zero-order chi connectivity index (χ0) is 12.8. The van der Waals surface area contributed by atoms with E-state index in [1.807, 2.05) is 0 Å². The molecular formula is C12H17NO4. The van der Waals surface area contributed by atoms with Crippen LogP contribution in [0.4, 0.5) is 0 Å². The molecule has 0 aliphatic rings. The molecule has 0 aliphatic heterocycles. The maximum Gasteiger partial charge on any atom is 0.248 e. The Balaban J connectivity index is 3.35. The van der Waals surface area contributed by atoms with Crippen molar-refractivity contribution < 1.29 is 19.7 Å². The number of benzene rings is 1. The highest BCUT2D eigenvalue weighted by Gasteiger charge is 2.16. The van der Waals surface area contributed by atoms with Crippen molar-refractivity contribution in [1.82, 2.24) is 0 Å². The van der Waals surface area contributed by atoms with Gasteiger partial charge in [0, 0.05) is 24.3 Å². The third-order valence-corrected chi connectivity index (χ3v) is 2.60. The fraction of sp³-hybridized carbons (Fsp3) is 0.417. The van der Waals surface area contributed by atoms with Gasteiger partial charge in [0.2, 0.25) is 5.91 Å². The van der Waals surface area contributed by atoms with Gasteiger partial charge in [-0.25, -0.2) is 0 Å². The number of nitrogens with two attached hydrogens (primary N) is 1. The summed E-state index contributed by atoms with van der Waals surface area (Å²) in [4.78, 5) is 11.3. The molecule has 94 valence electrons. The molecule has 0 unspecified atom stereocenters. The first-order valence-corrected chi connectivity index (χ1v) is 5.36. The Bertz CT molecular complexity index is 404. The Hall–Kier alpha value is -1.59. The maximum absolute atomic E-state index is 11.3. The van der Waals surface area contributed by atoms with E-state index in [-0.39, 0.29) is 13.2 Å². The number of ether oxygens (including phenoxy) is 1. The van der Waals surface area contributed by atoms with E-state index in [2.05, 4.69) is 0 Å². The highest BCUT2D eigenvalue weighted by Crippen LogP contribution is 2.26. The van der Waals surface area contributed by atoms with Gasteiger partial charge in [0.25, 0.3) is 0 Å². The number of hydrogen-bond donors (Lipinski definition) is 3. The molecule has 0 heterocycles. The molecule has 1 aromatic carbocycles. The van der Waals surface area contributed by atoms with E-state index in [1.165, 1.54) is 7.11 Å². The molecule has 0 radical (unpaired) electrons. The van der Waals surface area contributed by atoms with Crippen LogP contribution in [0.25, 0.3) is 0 Å². The van der Waals surface area contributed by atoms with Crippen LogP contribution in [0, 0.1) is 0 Å². The molecule has 0 fully saturated rings. The van der Waals surface area contributed by atoms with Crippen LogP contribution in [0.1, 0.15) is 21.5 Å². The molecule has 1 rings (SSSR count). The first kappa shape index (κ1) is 13.5. The van der Waals surface area contributed by atoms with Crippen LogP contribution in [0.15, 0.2) is 12.1 Å². The van der Waals surface area contributed by atoms with Gasteiger partial charge in [-0.05, 0) is 30.5 Å². The number of carbonyl (C=O) groups excluding carboxylic acids is 1. The van der Waals surface area contributed by atoms with E-state index in [1.54, 1.807) is 12.1 Å². The Labute approximate surface area is 99.8 Å². The fourth-order valence-corrected chi connectivity index (χ4v) is 1.88. The summed E-state index contributed by atoms with van der Waals surface area (Å²) >= 11 is 0. The number of carbonyl (C=O) groups is 1. The quantitative estimate of drug-likeness (QED) is 0.644. The van der Waals surface area contributed by atoms with Crippen LogP contribution in [-0.2, 0) is 12.8 Å². The first-order chi connectivity index (χ1) is 8.15. The molecule has 5 nitrogen and oxygen atoms in total. The summed E-state index contributed by atoms with van der Waals surface area (Å²) in [6.45, 7) is -0.150. The molecule has 1 amide bonds. The van der Waals surface area contributed by atoms with Crippen LogP contribution in [-0.4, -0.2) is 36.4 Å². The second-order valence-electron chi connectivity index (χ2n) is 3.58. The third kappa shape index (κ3) is 2.95. The second-order valence-corrected chi connectivity index (χ2v) is 3.58. The lowest BCUT2D eigenvalue weighted by Gasteiger charge is -2.15. The molecule has 0 bridgehead atoms. The fourth-order valence-electron chi connectivity index (χ4n) is 1.88. The summed E-state index contributed by atoms with van der Waals surface area (Å²) in [6, 6.07) is 3.22. The minimum absolute atomic E-state index is 0.0585. The summed E-state index contributed by atoms with van der Waals surface area (Å²) in [6.07, 6.45) is 0.671. The summed E-state index contributed by atoms with van der Waals surface area (Å²) in [7, 11) is 1.52. The predicted molar refractivity (Wildman–Crippen MR) is 63.1 cm³/mol. The van der Waals surface area contributed by atoms with Gasteiger partial charge in [0.1, 0.15) is 5.75 Å². The van der Waals surface area contributed by atoms with E-state index in [0.717, 1.165) is 5.56 Å². The number of amides is 1. The minimum atomic E-state index is -0.546. The van der Waals surface area contributed by atoms with E-state index >= 15 is 0 Å². The van der Waals surface area contributed by atoms with Gasteiger partial charge in [0.15, 0.2) is 0 Å². The summed E-state index contributed by atoms with van der Waals surface area (Å²) in [5.41, 5.74) is 7.01. The molecule has 4 N–H and O–H groups in total. The highest BCUT2D eigenvalue weighted by atomic mass is 16.5. The van der Waals surface area contributed by atoms with Crippen LogP contribution >= 0.6 is 0 Å². The lowest BCUT2D eigenvalue weighted by atomic mass is 9.95. The van der Waals surface area contributed by atoms with Crippen LogP contribution in [0.3, 0.4) is 0 Å². The maximum atomic E-state index is 11.3. The molecule has 0 spiro atoms. The van der Waals surface area contributed by atoms with Crippen molar-refractivity contribution in [3.05, 3.63) is 28.8 Å².